The van der Waals surface area contributed by atoms with Gasteiger partial charge in [0, 0.05) is 12.1 Å². The van der Waals surface area contributed by atoms with E-state index in [1.807, 2.05) is 31.2 Å². The topological polar surface area (TPSA) is 29.5 Å². The van der Waals surface area contributed by atoms with Gasteiger partial charge in [-0.15, -0.1) is 0 Å². The molecule has 1 saturated heterocycles. The molecule has 0 radical (unpaired) electrons. The third-order valence-electron chi connectivity index (χ3n) is 4.55. The van der Waals surface area contributed by atoms with E-state index >= 15 is 0 Å². The number of hydrogen-bond acceptors (Lipinski definition) is 2. The van der Waals surface area contributed by atoms with Gasteiger partial charge in [0.25, 0.3) is 5.91 Å². The second kappa shape index (κ2) is 7.40. The predicted molar refractivity (Wildman–Crippen MR) is 92.1 cm³/mol. The number of nitrogens with zero attached hydrogens (tertiary/aromatic N) is 1. The average molecular weight is 363 g/mol. The van der Waals surface area contributed by atoms with E-state index < -0.39 is 11.7 Å². The molecule has 1 aliphatic heterocycles. The molecule has 0 bridgehead atoms. The molecular formula is C20H20F3NO2. The molecule has 3 rings (SSSR count). The maximum Gasteiger partial charge on any atom is 0.416 e. The van der Waals surface area contributed by atoms with Crippen LogP contribution in [0.5, 0.6) is 5.75 Å². The molecule has 1 aliphatic rings. The molecule has 0 N–H and O–H groups in total. The van der Waals surface area contributed by atoms with Gasteiger partial charge in [0.1, 0.15) is 5.75 Å². The van der Waals surface area contributed by atoms with Gasteiger partial charge in [-0.2, -0.15) is 13.2 Å². The van der Waals surface area contributed by atoms with Gasteiger partial charge in [0.05, 0.1) is 18.2 Å². The summed E-state index contributed by atoms with van der Waals surface area (Å²) in [6, 6.07) is 12.0. The molecule has 1 heterocycles. The van der Waals surface area contributed by atoms with Crippen LogP contribution < -0.4 is 4.74 Å². The maximum absolute atomic E-state index is 12.8. The number of carbonyl (C=O) groups is 1. The van der Waals surface area contributed by atoms with Crippen LogP contribution in [0, 0.1) is 0 Å². The van der Waals surface area contributed by atoms with Crippen molar-refractivity contribution >= 4 is 5.91 Å². The smallest absolute Gasteiger partial charge is 0.416 e. The number of rotatable bonds is 4. The summed E-state index contributed by atoms with van der Waals surface area (Å²) in [5.41, 5.74) is 0.528. The minimum absolute atomic E-state index is 0.0690. The molecule has 1 atom stereocenters. The lowest BCUT2D eigenvalue weighted by Gasteiger charge is -2.25. The van der Waals surface area contributed by atoms with E-state index in [0.717, 1.165) is 36.3 Å². The number of likely N-dealkylation sites (tertiary alicyclic amines) is 1. The Hall–Kier alpha value is -2.50. The normalized spacial score (nSPS) is 17.4. The zero-order chi connectivity index (χ0) is 18.7. The highest BCUT2D eigenvalue weighted by molar-refractivity contribution is 5.94. The van der Waals surface area contributed by atoms with Gasteiger partial charge in [-0.25, -0.2) is 0 Å². The Bertz CT molecular complexity index is 754. The summed E-state index contributed by atoms with van der Waals surface area (Å²) in [6.07, 6.45) is -2.70. The largest absolute Gasteiger partial charge is 0.494 e. The summed E-state index contributed by atoms with van der Waals surface area (Å²) in [5.74, 6) is 0.532. The van der Waals surface area contributed by atoms with Crippen molar-refractivity contribution in [1.29, 1.82) is 0 Å². The van der Waals surface area contributed by atoms with E-state index in [-0.39, 0.29) is 17.5 Å². The standard InChI is InChI=1S/C20H20F3NO2/c1-2-26-17-11-7-14(8-12-17)18-4-3-13-24(18)19(25)15-5-9-16(10-6-15)20(21,22)23/h5-12,18H,2-4,13H2,1H3. The second-order valence-electron chi connectivity index (χ2n) is 6.23. The number of carbonyl (C=O) groups excluding carboxylic acids is 1. The van der Waals surface area contributed by atoms with Crippen molar-refractivity contribution in [1.82, 2.24) is 4.90 Å². The molecule has 2 aromatic carbocycles. The Balaban J connectivity index is 1.77. The Morgan fingerprint density at radius 3 is 2.35 bits per heavy atom. The second-order valence-corrected chi connectivity index (χ2v) is 6.23. The first-order valence-electron chi connectivity index (χ1n) is 8.61. The summed E-state index contributed by atoms with van der Waals surface area (Å²) >= 11 is 0. The molecular weight excluding hydrogens is 343 g/mol. The summed E-state index contributed by atoms with van der Waals surface area (Å²) in [7, 11) is 0. The fraction of sp³-hybridized carbons (Fsp3) is 0.350. The molecule has 26 heavy (non-hydrogen) atoms. The summed E-state index contributed by atoms with van der Waals surface area (Å²) in [4.78, 5) is 14.5. The molecule has 0 aromatic heterocycles. The van der Waals surface area contributed by atoms with Crippen LogP contribution in [0.2, 0.25) is 0 Å². The predicted octanol–water partition coefficient (Wildman–Crippen LogP) is 5.08. The van der Waals surface area contributed by atoms with Crippen LogP contribution >= 0.6 is 0 Å². The monoisotopic (exact) mass is 363 g/mol. The highest BCUT2D eigenvalue weighted by atomic mass is 19.4. The Labute approximate surface area is 150 Å². The van der Waals surface area contributed by atoms with Crippen molar-refractivity contribution in [3.63, 3.8) is 0 Å². The van der Waals surface area contributed by atoms with Crippen molar-refractivity contribution < 1.29 is 22.7 Å². The number of ether oxygens (including phenoxy) is 1. The number of alkyl halides is 3. The van der Waals surface area contributed by atoms with Gasteiger partial charge < -0.3 is 9.64 Å². The van der Waals surface area contributed by atoms with Crippen molar-refractivity contribution in [2.45, 2.75) is 32.0 Å². The Morgan fingerprint density at radius 1 is 1.12 bits per heavy atom. The number of hydrogen-bond donors (Lipinski definition) is 0. The van der Waals surface area contributed by atoms with Gasteiger partial charge in [-0.05, 0) is 61.7 Å². The SMILES string of the molecule is CCOc1ccc(C2CCCN2C(=O)c2ccc(C(F)(F)F)cc2)cc1. The third kappa shape index (κ3) is 3.84. The van der Waals surface area contributed by atoms with Crippen LogP contribution in [-0.4, -0.2) is 24.0 Å². The number of halogens is 3. The minimum atomic E-state index is -4.40. The summed E-state index contributed by atoms with van der Waals surface area (Å²) < 4.78 is 43.5. The summed E-state index contributed by atoms with van der Waals surface area (Å²) in [5, 5.41) is 0. The Morgan fingerprint density at radius 2 is 1.77 bits per heavy atom. The Kier molecular flexibility index (Phi) is 5.20. The zero-order valence-corrected chi connectivity index (χ0v) is 14.4. The molecule has 0 spiro atoms. The van der Waals surface area contributed by atoms with Crippen molar-refractivity contribution in [2.75, 3.05) is 13.2 Å². The zero-order valence-electron chi connectivity index (χ0n) is 14.4. The van der Waals surface area contributed by atoms with Crippen LogP contribution in [0.3, 0.4) is 0 Å². The first-order valence-corrected chi connectivity index (χ1v) is 8.61. The van der Waals surface area contributed by atoms with Gasteiger partial charge in [0.2, 0.25) is 0 Å². The number of amides is 1. The molecule has 0 aliphatic carbocycles. The van der Waals surface area contributed by atoms with Crippen molar-refractivity contribution in [2.24, 2.45) is 0 Å². The molecule has 3 nitrogen and oxygen atoms in total. The third-order valence-corrected chi connectivity index (χ3v) is 4.55. The van der Waals surface area contributed by atoms with Gasteiger partial charge in [0.15, 0.2) is 0 Å². The average Bonchev–Trinajstić information content (AvgIpc) is 3.11. The minimum Gasteiger partial charge on any atom is -0.494 e. The van der Waals surface area contributed by atoms with Crippen molar-refractivity contribution in [3.05, 3.63) is 65.2 Å². The molecule has 1 fully saturated rings. The van der Waals surface area contributed by atoms with E-state index in [9.17, 15) is 18.0 Å². The van der Waals surface area contributed by atoms with E-state index in [2.05, 4.69) is 0 Å². The van der Waals surface area contributed by atoms with Gasteiger partial charge >= 0.3 is 6.18 Å². The van der Waals surface area contributed by atoms with Crippen LogP contribution in [0.15, 0.2) is 48.5 Å². The molecule has 138 valence electrons. The van der Waals surface area contributed by atoms with E-state index in [1.54, 1.807) is 4.90 Å². The van der Waals surface area contributed by atoms with Crippen LogP contribution in [0.25, 0.3) is 0 Å². The maximum atomic E-state index is 12.8. The fourth-order valence-electron chi connectivity index (χ4n) is 3.28. The highest BCUT2D eigenvalue weighted by Gasteiger charge is 2.32. The van der Waals surface area contributed by atoms with Crippen LogP contribution in [-0.2, 0) is 6.18 Å². The van der Waals surface area contributed by atoms with E-state index in [1.165, 1.54) is 12.1 Å². The highest BCUT2D eigenvalue weighted by Crippen LogP contribution is 2.34. The van der Waals surface area contributed by atoms with Gasteiger partial charge in [-0.1, -0.05) is 12.1 Å². The first-order chi connectivity index (χ1) is 12.4. The molecule has 1 unspecified atom stereocenters. The molecule has 6 heteroatoms. The van der Waals surface area contributed by atoms with Gasteiger partial charge in [-0.3, -0.25) is 4.79 Å². The molecule has 0 saturated carbocycles. The van der Waals surface area contributed by atoms with Crippen LogP contribution in [0.4, 0.5) is 13.2 Å². The van der Waals surface area contributed by atoms with Crippen LogP contribution in [0.1, 0.15) is 47.3 Å². The molecule has 2 aromatic rings. The molecule has 1 amide bonds. The lowest BCUT2D eigenvalue weighted by molar-refractivity contribution is -0.137. The lowest BCUT2D eigenvalue weighted by Crippen LogP contribution is -2.30. The van der Waals surface area contributed by atoms with E-state index in [4.69, 9.17) is 4.74 Å². The summed E-state index contributed by atoms with van der Waals surface area (Å²) in [6.45, 7) is 3.09. The number of benzene rings is 2. The lowest BCUT2D eigenvalue weighted by atomic mass is 10.0. The quantitative estimate of drug-likeness (QED) is 0.758. The first kappa shape index (κ1) is 18.3. The van der Waals surface area contributed by atoms with Crippen molar-refractivity contribution in [3.8, 4) is 5.75 Å². The fourth-order valence-corrected chi connectivity index (χ4v) is 3.28. The van der Waals surface area contributed by atoms with E-state index in [0.29, 0.717) is 13.2 Å².